The molecule has 0 spiro atoms. The van der Waals surface area contributed by atoms with Crippen LogP contribution in [0.25, 0.3) is 22.3 Å². The number of piperazine rings is 1. The Balaban J connectivity index is 1.44. The van der Waals surface area contributed by atoms with Crippen LogP contribution >= 0.6 is 0 Å². The van der Waals surface area contributed by atoms with E-state index >= 15 is 0 Å². The van der Waals surface area contributed by atoms with Crippen molar-refractivity contribution in [1.82, 2.24) is 25.3 Å². The number of hydrogen-bond acceptors (Lipinski definition) is 7. The maximum absolute atomic E-state index is 5.20. The minimum absolute atomic E-state index is 0.0369. The number of hydrogen-bond donors (Lipinski definition) is 2. The maximum atomic E-state index is 5.20. The molecule has 3 aliphatic rings. The van der Waals surface area contributed by atoms with Gasteiger partial charge < -0.3 is 15.5 Å². The van der Waals surface area contributed by atoms with Crippen LogP contribution in [0.5, 0.6) is 0 Å². The van der Waals surface area contributed by atoms with E-state index in [9.17, 15) is 0 Å². The first-order chi connectivity index (χ1) is 16.0. The van der Waals surface area contributed by atoms with E-state index < -0.39 is 0 Å². The molecule has 6 rings (SSSR count). The highest BCUT2D eigenvalue weighted by molar-refractivity contribution is 5.94. The van der Waals surface area contributed by atoms with Crippen LogP contribution < -0.4 is 15.5 Å². The SMILES string of the molecule is CC(Nc1cc(-c2nc(N3CCNC(C)(C)C3)c3c(C4CC4)cncc3n2)ccn1)C1CC1. The van der Waals surface area contributed by atoms with Gasteiger partial charge in [-0.3, -0.25) is 4.98 Å². The quantitative estimate of drug-likeness (QED) is 0.586. The Morgan fingerprint density at radius 2 is 2.00 bits per heavy atom. The topological polar surface area (TPSA) is 78.9 Å². The fourth-order valence-electron chi connectivity index (χ4n) is 5.07. The molecule has 3 aromatic rings. The van der Waals surface area contributed by atoms with Gasteiger partial charge in [-0.1, -0.05) is 0 Å². The Kier molecular flexibility index (Phi) is 4.98. The molecule has 33 heavy (non-hydrogen) atoms. The molecule has 1 atom stereocenters. The van der Waals surface area contributed by atoms with E-state index in [0.717, 1.165) is 54.1 Å². The zero-order valence-electron chi connectivity index (χ0n) is 19.8. The van der Waals surface area contributed by atoms with Gasteiger partial charge in [-0.2, -0.15) is 0 Å². The third-order valence-corrected chi connectivity index (χ3v) is 7.23. The van der Waals surface area contributed by atoms with Crippen molar-refractivity contribution in [3.05, 3.63) is 36.3 Å². The van der Waals surface area contributed by atoms with Crippen molar-refractivity contribution in [3.63, 3.8) is 0 Å². The van der Waals surface area contributed by atoms with Crippen molar-refractivity contribution in [2.45, 2.75) is 64.0 Å². The summed E-state index contributed by atoms with van der Waals surface area (Å²) < 4.78 is 0. The van der Waals surface area contributed by atoms with Crippen molar-refractivity contribution in [2.24, 2.45) is 5.92 Å². The van der Waals surface area contributed by atoms with Crippen LogP contribution in [-0.2, 0) is 0 Å². The molecule has 3 fully saturated rings. The lowest BCUT2D eigenvalue weighted by Crippen LogP contribution is -2.57. The predicted molar refractivity (Wildman–Crippen MR) is 133 cm³/mol. The van der Waals surface area contributed by atoms with Crippen LogP contribution in [-0.4, -0.2) is 51.2 Å². The second-order valence-electron chi connectivity index (χ2n) is 10.7. The fourth-order valence-corrected chi connectivity index (χ4v) is 5.07. The largest absolute Gasteiger partial charge is 0.367 e. The van der Waals surface area contributed by atoms with Crippen LogP contribution in [0.3, 0.4) is 0 Å². The molecule has 4 heterocycles. The first-order valence-corrected chi connectivity index (χ1v) is 12.4. The molecular weight excluding hydrogens is 410 g/mol. The van der Waals surface area contributed by atoms with Crippen LogP contribution in [0.15, 0.2) is 30.7 Å². The molecule has 7 heteroatoms. The number of fused-ring (bicyclic) bond motifs is 1. The van der Waals surface area contributed by atoms with Crippen LogP contribution in [0, 0.1) is 5.92 Å². The standard InChI is InChI=1S/C26H33N7/c1-16(17-4-5-17)30-22-12-19(8-9-28-22)24-31-21-14-27-13-20(18-6-7-18)23(21)25(32-24)33-11-10-29-26(2,3)15-33/h8-9,12-14,16-18,29H,4-7,10-11,15H2,1-3H3,(H,28,30). The van der Waals surface area contributed by atoms with E-state index in [2.05, 4.69) is 52.3 Å². The van der Waals surface area contributed by atoms with E-state index in [0.29, 0.717) is 12.0 Å². The lowest BCUT2D eigenvalue weighted by molar-refractivity contribution is 0.352. The Morgan fingerprint density at radius 3 is 2.76 bits per heavy atom. The molecule has 1 unspecified atom stereocenters. The molecule has 0 amide bonds. The third-order valence-electron chi connectivity index (χ3n) is 7.23. The Hall–Kier alpha value is -2.80. The highest BCUT2D eigenvalue weighted by Crippen LogP contribution is 2.45. The van der Waals surface area contributed by atoms with Crippen molar-refractivity contribution in [2.75, 3.05) is 29.9 Å². The molecule has 1 aliphatic heterocycles. The van der Waals surface area contributed by atoms with Crippen molar-refractivity contribution < 1.29 is 0 Å². The molecule has 2 aliphatic carbocycles. The van der Waals surface area contributed by atoms with Crippen LogP contribution in [0.2, 0.25) is 0 Å². The molecule has 0 bridgehead atoms. The van der Waals surface area contributed by atoms with Gasteiger partial charge in [-0.25, -0.2) is 15.0 Å². The second kappa shape index (κ2) is 7.90. The summed E-state index contributed by atoms with van der Waals surface area (Å²) in [6.45, 7) is 9.55. The van der Waals surface area contributed by atoms with Gasteiger partial charge in [0.2, 0.25) is 0 Å². The summed E-state index contributed by atoms with van der Waals surface area (Å²) in [5.74, 6) is 4.04. The molecule has 1 saturated heterocycles. The van der Waals surface area contributed by atoms with Gasteiger partial charge >= 0.3 is 0 Å². The van der Waals surface area contributed by atoms with Gasteiger partial charge in [0.05, 0.1) is 11.7 Å². The molecule has 7 nitrogen and oxygen atoms in total. The monoisotopic (exact) mass is 443 g/mol. The highest BCUT2D eigenvalue weighted by Gasteiger charge is 2.32. The summed E-state index contributed by atoms with van der Waals surface area (Å²) >= 11 is 0. The van der Waals surface area contributed by atoms with Crippen molar-refractivity contribution >= 4 is 22.5 Å². The molecule has 3 aromatic heterocycles. The summed E-state index contributed by atoms with van der Waals surface area (Å²) in [5.41, 5.74) is 3.27. The minimum Gasteiger partial charge on any atom is -0.367 e. The maximum Gasteiger partial charge on any atom is 0.162 e. The molecule has 2 saturated carbocycles. The zero-order valence-corrected chi connectivity index (χ0v) is 19.8. The first kappa shape index (κ1) is 20.8. The number of nitrogens with one attached hydrogen (secondary N) is 2. The summed E-state index contributed by atoms with van der Waals surface area (Å²) in [6, 6.07) is 4.54. The molecule has 2 N–H and O–H groups in total. The predicted octanol–water partition coefficient (Wildman–Crippen LogP) is 4.36. The lowest BCUT2D eigenvalue weighted by atomic mass is 10.0. The van der Waals surface area contributed by atoms with Gasteiger partial charge in [0.25, 0.3) is 0 Å². The Bertz CT molecular complexity index is 1180. The Labute approximate surface area is 195 Å². The van der Waals surface area contributed by atoms with Gasteiger partial charge in [-0.15, -0.1) is 0 Å². The van der Waals surface area contributed by atoms with E-state index in [1.807, 2.05) is 24.7 Å². The summed E-state index contributed by atoms with van der Waals surface area (Å²) in [6.07, 6.45) is 10.9. The normalized spacial score (nSPS) is 21.2. The second-order valence-corrected chi connectivity index (χ2v) is 10.7. The smallest absolute Gasteiger partial charge is 0.162 e. The molecule has 0 radical (unpaired) electrons. The summed E-state index contributed by atoms with van der Waals surface area (Å²) in [5, 5.41) is 8.39. The highest BCUT2D eigenvalue weighted by atomic mass is 15.3. The Morgan fingerprint density at radius 1 is 1.15 bits per heavy atom. The van der Waals surface area contributed by atoms with Crippen molar-refractivity contribution in [3.8, 4) is 11.4 Å². The zero-order chi connectivity index (χ0) is 22.6. The van der Waals surface area contributed by atoms with Crippen molar-refractivity contribution in [1.29, 1.82) is 0 Å². The number of pyridine rings is 2. The molecular formula is C26H33N7. The van der Waals surface area contributed by atoms with Gasteiger partial charge in [0.1, 0.15) is 11.6 Å². The molecule has 172 valence electrons. The fraction of sp³-hybridized carbons (Fsp3) is 0.538. The van der Waals surface area contributed by atoms with Gasteiger partial charge in [0, 0.05) is 54.6 Å². The van der Waals surface area contributed by atoms with E-state index in [1.165, 1.54) is 36.6 Å². The van der Waals surface area contributed by atoms with Crippen LogP contribution in [0.1, 0.15) is 57.9 Å². The van der Waals surface area contributed by atoms with Crippen LogP contribution in [0.4, 0.5) is 11.6 Å². The van der Waals surface area contributed by atoms with Gasteiger partial charge in [-0.05, 0) is 76.0 Å². The molecule has 0 aromatic carbocycles. The summed E-state index contributed by atoms with van der Waals surface area (Å²) in [7, 11) is 0. The number of rotatable bonds is 6. The summed E-state index contributed by atoms with van der Waals surface area (Å²) in [4.78, 5) is 21.8. The van der Waals surface area contributed by atoms with E-state index in [1.54, 1.807) is 0 Å². The lowest BCUT2D eigenvalue weighted by Gasteiger charge is -2.40. The van der Waals surface area contributed by atoms with E-state index in [4.69, 9.17) is 9.97 Å². The first-order valence-electron chi connectivity index (χ1n) is 12.4. The average Bonchev–Trinajstić information content (AvgIpc) is 3.70. The number of aromatic nitrogens is 4. The minimum atomic E-state index is 0.0369. The number of anilines is 2. The van der Waals surface area contributed by atoms with Gasteiger partial charge in [0.15, 0.2) is 5.82 Å². The number of nitrogens with zero attached hydrogens (tertiary/aromatic N) is 5. The average molecular weight is 444 g/mol. The van der Waals surface area contributed by atoms with E-state index in [-0.39, 0.29) is 5.54 Å². The third kappa shape index (κ3) is 4.26.